The summed E-state index contributed by atoms with van der Waals surface area (Å²) < 4.78 is 2.23. The number of nitrogens with one attached hydrogen (secondary N) is 1. The van der Waals surface area contributed by atoms with E-state index in [9.17, 15) is 4.79 Å². The van der Waals surface area contributed by atoms with Gasteiger partial charge in [-0.05, 0) is 18.4 Å². The van der Waals surface area contributed by atoms with Crippen LogP contribution in [0.4, 0.5) is 5.13 Å². The highest BCUT2D eigenvalue weighted by Crippen LogP contribution is 2.27. The standard InChI is InChI=1S/C21H21N7OS3/c22-28-18(16-11-5-2-6-12-16)24-26-20(28)31-14-17(29)23-19-25-27-21(32-19)30-13-7-10-15-8-3-1-4-9-15/h1-6,8-9,11-12H,7,10,13-14,22H2,(H,23,25,29). The van der Waals surface area contributed by atoms with Crippen LogP contribution in [0.25, 0.3) is 11.4 Å². The summed E-state index contributed by atoms with van der Waals surface area (Å²) in [6.45, 7) is 0. The van der Waals surface area contributed by atoms with Crippen LogP contribution >= 0.6 is 34.9 Å². The van der Waals surface area contributed by atoms with Gasteiger partial charge in [-0.15, -0.1) is 20.4 Å². The number of aryl methyl sites for hydroxylation is 1. The molecule has 0 bridgehead atoms. The number of hydrogen-bond acceptors (Lipinski definition) is 9. The number of aromatic nitrogens is 5. The summed E-state index contributed by atoms with van der Waals surface area (Å²) in [4.78, 5) is 12.3. The van der Waals surface area contributed by atoms with Crippen molar-refractivity contribution in [2.24, 2.45) is 0 Å². The molecule has 4 rings (SSSR count). The lowest BCUT2D eigenvalue weighted by atomic mass is 10.1. The van der Waals surface area contributed by atoms with Crippen molar-refractivity contribution >= 4 is 45.9 Å². The third-order valence-electron chi connectivity index (χ3n) is 4.36. The highest BCUT2D eigenvalue weighted by Gasteiger charge is 2.15. The van der Waals surface area contributed by atoms with Crippen LogP contribution in [0.15, 0.2) is 70.2 Å². The van der Waals surface area contributed by atoms with Crippen molar-refractivity contribution < 1.29 is 4.79 Å². The van der Waals surface area contributed by atoms with Gasteiger partial charge >= 0.3 is 0 Å². The zero-order valence-corrected chi connectivity index (χ0v) is 19.5. The number of carbonyl (C=O) groups is 1. The number of anilines is 1. The second-order valence-electron chi connectivity index (χ2n) is 6.69. The van der Waals surface area contributed by atoms with Crippen LogP contribution in [0.2, 0.25) is 0 Å². The fourth-order valence-electron chi connectivity index (χ4n) is 2.84. The summed E-state index contributed by atoms with van der Waals surface area (Å²) in [5, 5.41) is 20.1. The molecule has 4 aromatic rings. The number of hydrogen-bond donors (Lipinski definition) is 2. The zero-order valence-electron chi connectivity index (χ0n) is 17.0. The van der Waals surface area contributed by atoms with E-state index in [1.807, 2.05) is 36.4 Å². The molecule has 0 atom stereocenters. The number of nitrogen functional groups attached to an aromatic ring is 1. The number of nitrogens with zero attached hydrogens (tertiary/aromatic N) is 5. The average molecular weight is 484 g/mol. The Balaban J connectivity index is 1.21. The molecule has 0 fully saturated rings. The van der Waals surface area contributed by atoms with E-state index in [1.54, 1.807) is 11.8 Å². The number of amides is 1. The molecule has 2 aromatic carbocycles. The highest BCUT2D eigenvalue weighted by atomic mass is 32.2. The Kier molecular flexibility index (Phi) is 7.75. The molecule has 8 nitrogen and oxygen atoms in total. The first-order chi connectivity index (χ1) is 15.7. The fourth-order valence-corrected chi connectivity index (χ4v) is 5.28. The second kappa shape index (κ2) is 11.1. The molecule has 164 valence electrons. The maximum absolute atomic E-state index is 12.3. The average Bonchev–Trinajstić information content (AvgIpc) is 3.42. The maximum atomic E-state index is 12.3. The van der Waals surface area contributed by atoms with E-state index in [-0.39, 0.29) is 11.7 Å². The van der Waals surface area contributed by atoms with Crippen molar-refractivity contribution in [2.45, 2.75) is 22.3 Å². The molecule has 0 aliphatic rings. The molecule has 32 heavy (non-hydrogen) atoms. The van der Waals surface area contributed by atoms with E-state index < -0.39 is 0 Å². The minimum atomic E-state index is -0.198. The molecule has 2 heterocycles. The van der Waals surface area contributed by atoms with E-state index in [0.717, 1.165) is 28.5 Å². The number of rotatable bonds is 10. The van der Waals surface area contributed by atoms with E-state index in [0.29, 0.717) is 16.1 Å². The molecule has 2 aromatic heterocycles. The molecule has 0 spiro atoms. The van der Waals surface area contributed by atoms with E-state index in [2.05, 4.69) is 50.0 Å². The van der Waals surface area contributed by atoms with E-state index in [4.69, 9.17) is 5.84 Å². The molecule has 0 radical (unpaired) electrons. The predicted molar refractivity (Wildman–Crippen MR) is 130 cm³/mol. The van der Waals surface area contributed by atoms with Crippen LogP contribution < -0.4 is 11.2 Å². The number of benzene rings is 2. The van der Waals surface area contributed by atoms with Crippen LogP contribution in [-0.2, 0) is 11.2 Å². The van der Waals surface area contributed by atoms with Crippen LogP contribution in [0.3, 0.4) is 0 Å². The first-order valence-corrected chi connectivity index (χ1v) is 12.7. The highest BCUT2D eigenvalue weighted by molar-refractivity contribution is 8.01. The summed E-state index contributed by atoms with van der Waals surface area (Å²) in [6.07, 6.45) is 2.09. The summed E-state index contributed by atoms with van der Waals surface area (Å²) in [6, 6.07) is 19.9. The number of thioether (sulfide) groups is 2. The molecule has 0 unspecified atom stereocenters. The summed E-state index contributed by atoms with van der Waals surface area (Å²) in [7, 11) is 0. The van der Waals surface area contributed by atoms with Crippen molar-refractivity contribution in [2.75, 3.05) is 22.7 Å². The summed E-state index contributed by atoms with van der Waals surface area (Å²) >= 11 is 4.24. The Labute approximate surface area is 198 Å². The molecule has 0 saturated carbocycles. The van der Waals surface area contributed by atoms with Crippen LogP contribution in [0.1, 0.15) is 12.0 Å². The topological polar surface area (TPSA) is 112 Å². The monoisotopic (exact) mass is 483 g/mol. The predicted octanol–water partition coefficient (Wildman–Crippen LogP) is 3.97. The SMILES string of the molecule is Nn1c(SCC(=O)Nc2nnc(SCCCc3ccccc3)s2)nnc1-c1ccccc1. The first kappa shape index (κ1) is 22.3. The van der Waals surface area contributed by atoms with Crippen molar-refractivity contribution in [3.05, 3.63) is 66.2 Å². The van der Waals surface area contributed by atoms with Crippen molar-refractivity contribution in [1.82, 2.24) is 25.1 Å². The molecule has 11 heteroatoms. The fraction of sp³-hybridized carbons (Fsp3) is 0.190. The molecule has 0 saturated heterocycles. The first-order valence-electron chi connectivity index (χ1n) is 9.88. The summed E-state index contributed by atoms with van der Waals surface area (Å²) in [5.41, 5.74) is 2.20. The Morgan fingerprint density at radius 3 is 2.50 bits per heavy atom. The minimum Gasteiger partial charge on any atom is -0.335 e. The Bertz CT molecular complexity index is 1150. The number of nitrogens with two attached hydrogens (primary N) is 1. The van der Waals surface area contributed by atoms with Gasteiger partial charge in [0.25, 0.3) is 0 Å². The molecular formula is C21H21N7OS3. The largest absolute Gasteiger partial charge is 0.335 e. The molecule has 0 aliphatic carbocycles. The molecule has 0 aliphatic heterocycles. The normalized spacial score (nSPS) is 10.9. The van der Waals surface area contributed by atoms with Crippen molar-refractivity contribution in [1.29, 1.82) is 0 Å². The van der Waals surface area contributed by atoms with Gasteiger partial charge in [-0.3, -0.25) is 10.1 Å². The lowest BCUT2D eigenvalue weighted by Crippen LogP contribution is -2.16. The smallest absolute Gasteiger partial charge is 0.236 e. The molecule has 3 N–H and O–H groups in total. The van der Waals surface area contributed by atoms with Crippen LogP contribution in [0.5, 0.6) is 0 Å². The third kappa shape index (κ3) is 6.09. The van der Waals surface area contributed by atoms with Crippen LogP contribution in [-0.4, -0.2) is 42.5 Å². The minimum absolute atomic E-state index is 0.142. The van der Waals surface area contributed by atoms with Gasteiger partial charge in [0.15, 0.2) is 10.2 Å². The van der Waals surface area contributed by atoms with Gasteiger partial charge in [0.2, 0.25) is 16.2 Å². The number of carbonyl (C=O) groups excluding carboxylic acids is 1. The van der Waals surface area contributed by atoms with Crippen molar-refractivity contribution in [3.63, 3.8) is 0 Å². The van der Waals surface area contributed by atoms with Gasteiger partial charge < -0.3 is 5.84 Å². The van der Waals surface area contributed by atoms with Crippen molar-refractivity contribution in [3.8, 4) is 11.4 Å². The van der Waals surface area contributed by atoms with Gasteiger partial charge in [0.1, 0.15) is 0 Å². The van der Waals surface area contributed by atoms with E-state index >= 15 is 0 Å². The zero-order chi connectivity index (χ0) is 22.2. The quantitative estimate of drug-likeness (QED) is 0.151. The van der Waals surface area contributed by atoms with E-state index in [1.165, 1.54) is 33.3 Å². The Morgan fingerprint density at radius 2 is 1.72 bits per heavy atom. The third-order valence-corrected chi connectivity index (χ3v) is 7.36. The second-order valence-corrected chi connectivity index (χ2v) is 9.95. The van der Waals surface area contributed by atoms with Gasteiger partial charge in [-0.1, -0.05) is 95.5 Å². The Hall–Kier alpha value is -2.89. The lowest BCUT2D eigenvalue weighted by molar-refractivity contribution is -0.113. The van der Waals surface area contributed by atoms with Crippen LogP contribution in [0, 0.1) is 0 Å². The molecular weight excluding hydrogens is 462 g/mol. The molecule has 1 amide bonds. The van der Waals surface area contributed by atoms with Gasteiger partial charge in [-0.25, -0.2) is 4.68 Å². The van der Waals surface area contributed by atoms with Gasteiger partial charge in [0.05, 0.1) is 5.75 Å². The lowest BCUT2D eigenvalue weighted by Gasteiger charge is -2.03. The van der Waals surface area contributed by atoms with Gasteiger partial charge in [-0.2, -0.15) is 0 Å². The Morgan fingerprint density at radius 1 is 0.969 bits per heavy atom. The van der Waals surface area contributed by atoms with Gasteiger partial charge in [0, 0.05) is 11.3 Å². The summed E-state index contributed by atoms with van der Waals surface area (Å²) in [5.74, 6) is 7.53. The maximum Gasteiger partial charge on any atom is 0.236 e.